The molecule has 0 bridgehead atoms. The smallest absolute Gasteiger partial charge is 0.151 e. The van der Waals surface area contributed by atoms with Crippen LogP contribution in [0.2, 0.25) is 5.02 Å². The average molecular weight is 263 g/mol. The molecule has 0 aliphatic rings. The van der Waals surface area contributed by atoms with Crippen LogP contribution >= 0.6 is 11.6 Å². The predicted molar refractivity (Wildman–Crippen MR) is 73.3 cm³/mol. The van der Waals surface area contributed by atoms with Crippen molar-refractivity contribution in [2.24, 2.45) is 0 Å². The maximum atomic E-state index is 9.28. The molecule has 0 spiro atoms. The molecule has 2 nitrogen and oxygen atoms in total. The number of para-hydroxylation sites is 1. The Kier molecular flexibility index (Phi) is 4.24. The third kappa shape index (κ3) is 2.84. The van der Waals surface area contributed by atoms with Crippen LogP contribution in [-0.4, -0.2) is 5.11 Å². The number of benzene rings is 2. The van der Waals surface area contributed by atoms with Gasteiger partial charge in [0.2, 0.25) is 0 Å². The van der Waals surface area contributed by atoms with Crippen molar-refractivity contribution in [3.05, 3.63) is 58.6 Å². The maximum absolute atomic E-state index is 9.28. The van der Waals surface area contributed by atoms with Gasteiger partial charge in [-0.2, -0.15) is 0 Å². The van der Waals surface area contributed by atoms with Crippen LogP contribution in [0, 0.1) is 0 Å². The van der Waals surface area contributed by atoms with E-state index in [-0.39, 0.29) is 6.61 Å². The van der Waals surface area contributed by atoms with Gasteiger partial charge >= 0.3 is 0 Å². The van der Waals surface area contributed by atoms with Gasteiger partial charge in [-0.25, -0.2) is 0 Å². The number of ether oxygens (including phenoxy) is 1. The van der Waals surface area contributed by atoms with Crippen LogP contribution in [0.4, 0.5) is 0 Å². The summed E-state index contributed by atoms with van der Waals surface area (Å²) in [6, 6.07) is 13.2. The second kappa shape index (κ2) is 5.89. The third-order valence-corrected chi connectivity index (χ3v) is 3.04. The van der Waals surface area contributed by atoms with E-state index in [0.29, 0.717) is 16.3 Å². The molecule has 0 fully saturated rings. The van der Waals surface area contributed by atoms with E-state index in [1.807, 2.05) is 24.3 Å². The molecule has 94 valence electrons. The van der Waals surface area contributed by atoms with Crippen molar-refractivity contribution >= 4 is 11.6 Å². The molecule has 3 heteroatoms. The Bertz CT molecular complexity index is 538. The van der Waals surface area contributed by atoms with Crippen LogP contribution in [-0.2, 0) is 13.0 Å². The molecule has 2 aromatic carbocycles. The van der Waals surface area contributed by atoms with Crippen molar-refractivity contribution < 1.29 is 9.84 Å². The van der Waals surface area contributed by atoms with Crippen LogP contribution in [0.3, 0.4) is 0 Å². The van der Waals surface area contributed by atoms with Crippen molar-refractivity contribution in [2.75, 3.05) is 0 Å². The summed E-state index contributed by atoms with van der Waals surface area (Å²) in [6.07, 6.45) is 0.951. The molecule has 0 aliphatic carbocycles. The van der Waals surface area contributed by atoms with Crippen molar-refractivity contribution in [1.82, 2.24) is 0 Å². The SMILES string of the molecule is CCc1cccc(Oc2c(Cl)cccc2CO)c1. The summed E-state index contributed by atoms with van der Waals surface area (Å²) in [5.74, 6) is 1.26. The molecule has 0 aliphatic heterocycles. The van der Waals surface area contributed by atoms with Crippen LogP contribution in [0.15, 0.2) is 42.5 Å². The summed E-state index contributed by atoms with van der Waals surface area (Å²) in [7, 11) is 0. The molecule has 0 saturated heterocycles. The van der Waals surface area contributed by atoms with Gasteiger partial charge in [0.1, 0.15) is 5.75 Å². The predicted octanol–water partition coefficient (Wildman–Crippen LogP) is 4.19. The van der Waals surface area contributed by atoms with Crippen molar-refractivity contribution in [2.45, 2.75) is 20.0 Å². The minimum Gasteiger partial charge on any atom is -0.455 e. The summed E-state index contributed by atoms with van der Waals surface area (Å²) in [6.45, 7) is 2.00. The average Bonchev–Trinajstić information content (AvgIpc) is 2.41. The molecule has 18 heavy (non-hydrogen) atoms. The first kappa shape index (κ1) is 12.9. The van der Waals surface area contributed by atoms with Gasteiger partial charge in [-0.3, -0.25) is 0 Å². The lowest BCUT2D eigenvalue weighted by molar-refractivity contribution is 0.276. The molecule has 0 radical (unpaired) electrons. The van der Waals surface area contributed by atoms with E-state index in [4.69, 9.17) is 16.3 Å². The summed E-state index contributed by atoms with van der Waals surface area (Å²) in [5, 5.41) is 9.79. The Morgan fingerprint density at radius 3 is 2.67 bits per heavy atom. The zero-order chi connectivity index (χ0) is 13.0. The molecule has 0 atom stereocenters. The molecule has 2 rings (SSSR count). The monoisotopic (exact) mass is 262 g/mol. The number of hydrogen-bond donors (Lipinski definition) is 1. The lowest BCUT2D eigenvalue weighted by atomic mass is 10.1. The Hall–Kier alpha value is -1.51. The van der Waals surface area contributed by atoms with Crippen LogP contribution < -0.4 is 4.74 Å². The largest absolute Gasteiger partial charge is 0.455 e. The normalized spacial score (nSPS) is 10.4. The van der Waals surface area contributed by atoms with E-state index in [0.717, 1.165) is 12.2 Å². The van der Waals surface area contributed by atoms with Gasteiger partial charge in [0.25, 0.3) is 0 Å². The van der Waals surface area contributed by atoms with Crippen molar-refractivity contribution in [1.29, 1.82) is 0 Å². The van der Waals surface area contributed by atoms with E-state index >= 15 is 0 Å². The van der Waals surface area contributed by atoms with Gasteiger partial charge in [0.15, 0.2) is 5.75 Å². The van der Waals surface area contributed by atoms with E-state index in [9.17, 15) is 5.11 Å². The van der Waals surface area contributed by atoms with E-state index < -0.39 is 0 Å². The fourth-order valence-electron chi connectivity index (χ4n) is 1.74. The Balaban J connectivity index is 2.33. The van der Waals surface area contributed by atoms with Gasteiger partial charge in [-0.1, -0.05) is 42.8 Å². The summed E-state index contributed by atoms with van der Waals surface area (Å²) in [5.41, 5.74) is 1.88. The molecule has 0 saturated carbocycles. The first-order valence-electron chi connectivity index (χ1n) is 5.89. The zero-order valence-electron chi connectivity index (χ0n) is 10.2. The zero-order valence-corrected chi connectivity index (χ0v) is 10.9. The fraction of sp³-hybridized carbons (Fsp3) is 0.200. The van der Waals surface area contributed by atoms with Crippen molar-refractivity contribution in [3.8, 4) is 11.5 Å². The molecular formula is C15H15ClO2. The lowest BCUT2D eigenvalue weighted by Gasteiger charge is -2.12. The molecule has 0 unspecified atom stereocenters. The van der Waals surface area contributed by atoms with Gasteiger partial charge in [-0.15, -0.1) is 0 Å². The molecule has 1 N–H and O–H groups in total. The lowest BCUT2D eigenvalue weighted by Crippen LogP contribution is -1.93. The minimum atomic E-state index is -0.0939. The van der Waals surface area contributed by atoms with Gasteiger partial charge in [-0.05, 0) is 30.2 Å². The quantitative estimate of drug-likeness (QED) is 0.895. The standard InChI is InChI=1S/C15H15ClO2/c1-2-11-5-3-7-13(9-11)18-15-12(10-17)6-4-8-14(15)16/h3-9,17H,2,10H2,1H3. The number of rotatable bonds is 4. The van der Waals surface area contributed by atoms with Gasteiger partial charge in [0, 0.05) is 5.56 Å². The molecule has 0 aromatic heterocycles. The van der Waals surface area contributed by atoms with Crippen molar-refractivity contribution in [3.63, 3.8) is 0 Å². The van der Waals surface area contributed by atoms with Crippen LogP contribution in [0.25, 0.3) is 0 Å². The summed E-state index contributed by atoms with van der Waals surface area (Å²) < 4.78 is 5.78. The second-order valence-corrected chi connectivity index (χ2v) is 4.40. The molecule has 2 aromatic rings. The first-order chi connectivity index (χ1) is 8.74. The highest BCUT2D eigenvalue weighted by molar-refractivity contribution is 6.32. The van der Waals surface area contributed by atoms with Crippen LogP contribution in [0.1, 0.15) is 18.1 Å². The number of aliphatic hydroxyl groups excluding tert-OH is 1. The Morgan fingerprint density at radius 1 is 1.17 bits per heavy atom. The van der Waals surface area contributed by atoms with Gasteiger partial charge < -0.3 is 9.84 Å². The topological polar surface area (TPSA) is 29.5 Å². The molecule has 0 heterocycles. The fourth-order valence-corrected chi connectivity index (χ4v) is 1.97. The molecule has 0 amide bonds. The maximum Gasteiger partial charge on any atom is 0.151 e. The Morgan fingerprint density at radius 2 is 1.94 bits per heavy atom. The number of aliphatic hydroxyl groups is 1. The summed E-state index contributed by atoms with van der Waals surface area (Å²) in [4.78, 5) is 0. The van der Waals surface area contributed by atoms with Crippen LogP contribution in [0.5, 0.6) is 11.5 Å². The number of halogens is 1. The molecular weight excluding hydrogens is 248 g/mol. The minimum absolute atomic E-state index is 0.0939. The van der Waals surface area contributed by atoms with E-state index in [1.54, 1.807) is 18.2 Å². The van der Waals surface area contributed by atoms with Gasteiger partial charge in [0.05, 0.1) is 11.6 Å². The first-order valence-corrected chi connectivity index (χ1v) is 6.27. The highest BCUT2D eigenvalue weighted by Gasteiger charge is 2.09. The highest BCUT2D eigenvalue weighted by atomic mass is 35.5. The summed E-state index contributed by atoms with van der Waals surface area (Å²) >= 11 is 6.10. The third-order valence-electron chi connectivity index (χ3n) is 2.75. The number of aryl methyl sites for hydroxylation is 1. The van der Waals surface area contributed by atoms with E-state index in [2.05, 4.69) is 6.92 Å². The van der Waals surface area contributed by atoms with E-state index in [1.165, 1.54) is 5.56 Å². The number of hydrogen-bond acceptors (Lipinski definition) is 2. The highest BCUT2D eigenvalue weighted by Crippen LogP contribution is 2.33. The Labute approximate surface area is 112 Å². The second-order valence-electron chi connectivity index (χ2n) is 3.99.